The lowest BCUT2D eigenvalue weighted by Crippen LogP contribution is -2.03. The number of benzene rings is 1. The molecule has 0 amide bonds. The second-order valence-electron chi connectivity index (χ2n) is 3.87. The fourth-order valence-corrected chi connectivity index (χ4v) is 1.60. The van der Waals surface area contributed by atoms with Crippen molar-refractivity contribution >= 4 is 12.1 Å². The lowest BCUT2D eigenvalue weighted by Gasteiger charge is -1.98. The third kappa shape index (κ3) is 1.60. The molecule has 72 valence electrons. The quantitative estimate of drug-likeness (QED) is 0.537. The van der Waals surface area contributed by atoms with Crippen LogP contribution in [-0.2, 0) is 4.79 Å². The molecule has 14 heavy (non-hydrogen) atoms. The molecule has 1 saturated carbocycles. The second-order valence-corrected chi connectivity index (χ2v) is 3.87. The predicted octanol–water partition coefficient (Wildman–Crippen LogP) is 2.01. The van der Waals surface area contributed by atoms with Crippen LogP contribution in [0.5, 0.6) is 0 Å². The van der Waals surface area contributed by atoms with Crippen LogP contribution in [0.3, 0.4) is 0 Å². The van der Waals surface area contributed by atoms with Gasteiger partial charge in [-0.15, -0.1) is 0 Å². The Bertz CT molecular complexity index is 364. The highest BCUT2D eigenvalue weighted by Gasteiger charge is 2.42. The molecule has 2 atom stereocenters. The first-order valence-electron chi connectivity index (χ1n) is 4.78. The highest BCUT2D eigenvalue weighted by molar-refractivity contribution is 6.01. The van der Waals surface area contributed by atoms with Crippen LogP contribution in [0.25, 0.3) is 0 Å². The first-order chi connectivity index (χ1) is 6.72. The van der Waals surface area contributed by atoms with E-state index in [0.29, 0.717) is 0 Å². The van der Waals surface area contributed by atoms with Gasteiger partial charge in [-0.05, 0) is 13.3 Å². The van der Waals surface area contributed by atoms with Crippen molar-refractivity contribution in [1.29, 1.82) is 0 Å². The molecule has 0 aliphatic heterocycles. The summed E-state index contributed by atoms with van der Waals surface area (Å²) in [6.45, 7) is 1.99. The van der Waals surface area contributed by atoms with Gasteiger partial charge in [0.05, 0.1) is 0 Å². The molecule has 0 bridgehead atoms. The van der Waals surface area contributed by atoms with Gasteiger partial charge in [-0.3, -0.25) is 4.79 Å². The summed E-state index contributed by atoms with van der Waals surface area (Å²) in [4.78, 5) is 22.1. The van der Waals surface area contributed by atoms with E-state index in [2.05, 4.69) is 0 Å². The number of ketones is 1. The molecule has 1 aromatic rings. The van der Waals surface area contributed by atoms with Crippen molar-refractivity contribution in [2.45, 2.75) is 13.3 Å². The molecule has 2 heteroatoms. The maximum Gasteiger partial charge on any atom is 0.166 e. The average Bonchev–Trinajstić information content (AvgIpc) is 2.97. The van der Waals surface area contributed by atoms with Crippen molar-refractivity contribution in [2.75, 3.05) is 0 Å². The van der Waals surface area contributed by atoms with Crippen molar-refractivity contribution in [2.24, 2.45) is 11.8 Å². The Balaban J connectivity index is 2.12. The zero-order valence-electron chi connectivity index (χ0n) is 8.07. The number of carbonyl (C=O) groups is 2. The smallest absolute Gasteiger partial charge is 0.166 e. The summed E-state index contributed by atoms with van der Waals surface area (Å²) in [6, 6.07) is 7.51. The first-order valence-corrected chi connectivity index (χ1v) is 4.78. The van der Waals surface area contributed by atoms with Crippen LogP contribution >= 0.6 is 0 Å². The van der Waals surface area contributed by atoms with Gasteiger partial charge in [0, 0.05) is 17.4 Å². The Kier molecular flexibility index (Phi) is 2.20. The minimum atomic E-state index is -0.0461. The topological polar surface area (TPSA) is 34.1 Å². The van der Waals surface area contributed by atoms with E-state index in [1.54, 1.807) is 0 Å². The average molecular weight is 188 g/mol. The fourth-order valence-electron chi connectivity index (χ4n) is 1.60. The van der Waals surface area contributed by atoms with E-state index < -0.39 is 0 Å². The molecule has 1 fully saturated rings. The zero-order valence-corrected chi connectivity index (χ0v) is 8.07. The summed E-state index contributed by atoms with van der Waals surface area (Å²) in [5.41, 5.74) is 1.87. The summed E-state index contributed by atoms with van der Waals surface area (Å²) in [7, 11) is 0. The molecule has 1 aliphatic carbocycles. The molecule has 0 spiro atoms. The molecule has 0 unspecified atom stereocenters. The van der Waals surface area contributed by atoms with E-state index in [0.717, 1.165) is 23.8 Å². The molecule has 2 nitrogen and oxygen atoms in total. The Morgan fingerprint density at radius 2 is 2.00 bits per heavy atom. The molecule has 2 rings (SSSR count). The SMILES string of the molecule is Cc1ccc(C(=O)[C@@H]2C[C@H]2C=O)cc1. The molecule has 1 aliphatic rings. The highest BCUT2D eigenvalue weighted by Crippen LogP contribution is 2.39. The number of hydrogen-bond acceptors (Lipinski definition) is 2. The number of carbonyl (C=O) groups excluding carboxylic acids is 2. The van der Waals surface area contributed by atoms with Gasteiger partial charge < -0.3 is 4.79 Å². The van der Waals surface area contributed by atoms with Crippen molar-refractivity contribution in [3.05, 3.63) is 35.4 Å². The molecule has 0 N–H and O–H groups in total. The molecule has 0 radical (unpaired) electrons. The number of aldehydes is 1. The van der Waals surface area contributed by atoms with E-state index in [-0.39, 0.29) is 17.6 Å². The summed E-state index contributed by atoms with van der Waals surface area (Å²) in [5.74, 6) is 0.0427. The molecular formula is C12H12O2. The largest absolute Gasteiger partial charge is 0.303 e. The lowest BCUT2D eigenvalue weighted by molar-refractivity contribution is -0.109. The summed E-state index contributed by atoms with van der Waals surface area (Å²) in [6.07, 6.45) is 1.62. The van der Waals surface area contributed by atoms with Gasteiger partial charge in [-0.2, -0.15) is 0 Å². The van der Waals surface area contributed by atoms with Crippen LogP contribution in [0, 0.1) is 18.8 Å². The Morgan fingerprint density at radius 3 is 2.50 bits per heavy atom. The maximum atomic E-state index is 11.7. The highest BCUT2D eigenvalue weighted by atomic mass is 16.1. The third-order valence-electron chi connectivity index (χ3n) is 2.69. The summed E-state index contributed by atoms with van der Waals surface area (Å²) < 4.78 is 0. The standard InChI is InChI=1S/C12H12O2/c1-8-2-4-9(5-3-8)12(14)11-6-10(11)7-13/h2-5,7,10-11H,6H2,1H3/t10-,11+/m0/s1. The van der Waals surface area contributed by atoms with Gasteiger partial charge in [-0.1, -0.05) is 29.8 Å². The minimum Gasteiger partial charge on any atom is -0.303 e. The van der Waals surface area contributed by atoms with E-state index in [1.165, 1.54) is 0 Å². The van der Waals surface area contributed by atoms with Gasteiger partial charge in [0.2, 0.25) is 0 Å². The molecule has 1 aromatic carbocycles. The van der Waals surface area contributed by atoms with E-state index in [9.17, 15) is 9.59 Å². The summed E-state index contributed by atoms with van der Waals surface area (Å²) >= 11 is 0. The van der Waals surface area contributed by atoms with Crippen LogP contribution < -0.4 is 0 Å². The molecule has 0 saturated heterocycles. The minimum absolute atomic E-state index is 0.0243. The molecule has 0 heterocycles. The number of rotatable bonds is 3. The van der Waals surface area contributed by atoms with Gasteiger partial charge in [0.15, 0.2) is 5.78 Å². The van der Waals surface area contributed by atoms with Crippen LogP contribution in [0.1, 0.15) is 22.3 Å². The Morgan fingerprint density at radius 1 is 1.36 bits per heavy atom. The van der Waals surface area contributed by atoms with Gasteiger partial charge in [-0.25, -0.2) is 0 Å². The van der Waals surface area contributed by atoms with Crippen LogP contribution in [0.15, 0.2) is 24.3 Å². The Labute approximate surface area is 82.9 Å². The number of Topliss-reactive ketones (excluding diaryl/α,β-unsaturated/α-hetero) is 1. The van der Waals surface area contributed by atoms with E-state index in [4.69, 9.17) is 0 Å². The second kappa shape index (κ2) is 3.37. The third-order valence-corrected chi connectivity index (χ3v) is 2.69. The van der Waals surface area contributed by atoms with Crippen molar-refractivity contribution in [3.63, 3.8) is 0 Å². The van der Waals surface area contributed by atoms with Crippen molar-refractivity contribution in [3.8, 4) is 0 Å². The molecular weight excluding hydrogens is 176 g/mol. The monoisotopic (exact) mass is 188 g/mol. The zero-order chi connectivity index (χ0) is 10.1. The first kappa shape index (κ1) is 9.13. The summed E-state index contributed by atoms with van der Waals surface area (Å²) in [5, 5.41) is 0. The van der Waals surface area contributed by atoms with E-state index in [1.807, 2.05) is 31.2 Å². The Hall–Kier alpha value is -1.44. The van der Waals surface area contributed by atoms with E-state index >= 15 is 0 Å². The predicted molar refractivity (Wildman–Crippen MR) is 53.2 cm³/mol. The number of hydrogen-bond donors (Lipinski definition) is 0. The van der Waals surface area contributed by atoms with Crippen molar-refractivity contribution < 1.29 is 9.59 Å². The van der Waals surface area contributed by atoms with Crippen molar-refractivity contribution in [1.82, 2.24) is 0 Å². The fraction of sp³-hybridized carbons (Fsp3) is 0.333. The normalized spacial score (nSPS) is 24.4. The van der Waals surface area contributed by atoms with Crippen LogP contribution in [0.2, 0.25) is 0 Å². The van der Waals surface area contributed by atoms with Gasteiger partial charge >= 0.3 is 0 Å². The van der Waals surface area contributed by atoms with Crippen LogP contribution in [0.4, 0.5) is 0 Å². The van der Waals surface area contributed by atoms with Gasteiger partial charge in [0.1, 0.15) is 6.29 Å². The maximum absolute atomic E-state index is 11.7. The lowest BCUT2D eigenvalue weighted by atomic mass is 10.0. The number of aryl methyl sites for hydroxylation is 1. The van der Waals surface area contributed by atoms with Gasteiger partial charge in [0.25, 0.3) is 0 Å². The molecule has 0 aromatic heterocycles. The van der Waals surface area contributed by atoms with Crippen LogP contribution in [-0.4, -0.2) is 12.1 Å².